The van der Waals surface area contributed by atoms with Crippen LogP contribution in [0.4, 0.5) is 14.5 Å². The van der Waals surface area contributed by atoms with E-state index in [9.17, 15) is 8.78 Å². The second kappa shape index (κ2) is 4.80. The first-order valence-electron chi connectivity index (χ1n) is 4.33. The molecule has 1 N–H and O–H groups in total. The SMILES string of the molecule is CCc1cccc(NCC(F)F)c1. The molecule has 0 aliphatic heterocycles. The van der Waals surface area contributed by atoms with Crippen LogP contribution in [-0.4, -0.2) is 13.0 Å². The summed E-state index contributed by atoms with van der Waals surface area (Å²) < 4.78 is 23.7. The average Bonchev–Trinajstić information content (AvgIpc) is 2.15. The first kappa shape index (κ1) is 9.96. The maximum atomic E-state index is 11.8. The molecule has 0 heterocycles. The van der Waals surface area contributed by atoms with Gasteiger partial charge in [0.25, 0.3) is 6.43 Å². The third-order valence-electron chi connectivity index (χ3n) is 1.80. The van der Waals surface area contributed by atoms with E-state index in [0.29, 0.717) is 0 Å². The van der Waals surface area contributed by atoms with Gasteiger partial charge in [-0.15, -0.1) is 0 Å². The molecular weight excluding hydrogens is 172 g/mol. The number of halogens is 2. The van der Waals surface area contributed by atoms with Gasteiger partial charge in [0.2, 0.25) is 0 Å². The van der Waals surface area contributed by atoms with Crippen molar-refractivity contribution in [3.05, 3.63) is 29.8 Å². The summed E-state index contributed by atoms with van der Waals surface area (Å²) in [5.74, 6) is 0. The van der Waals surface area contributed by atoms with E-state index in [0.717, 1.165) is 17.7 Å². The third kappa shape index (κ3) is 3.40. The molecule has 0 aromatic heterocycles. The smallest absolute Gasteiger partial charge is 0.255 e. The van der Waals surface area contributed by atoms with Crippen LogP contribution in [0, 0.1) is 0 Å². The van der Waals surface area contributed by atoms with E-state index in [-0.39, 0.29) is 6.54 Å². The molecule has 0 spiro atoms. The lowest BCUT2D eigenvalue weighted by atomic mass is 10.1. The molecule has 0 unspecified atom stereocenters. The molecule has 0 aliphatic rings. The lowest BCUT2D eigenvalue weighted by Gasteiger charge is -2.06. The first-order valence-corrected chi connectivity index (χ1v) is 4.33. The molecular formula is C10H13F2N. The minimum Gasteiger partial charge on any atom is -0.379 e. The molecule has 1 rings (SSSR count). The quantitative estimate of drug-likeness (QED) is 0.760. The van der Waals surface area contributed by atoms with Crippen molar-refractivity contribution < 1.29 is 8.78 Å². The van der Waals surface area contributed by atoms with Crippen LogP contribution >= 0.6 is 0 Å². The number of hydrogen-bond donors (Lipinski definition) is 1. The highest BCUT2D eigenvalue weighted by molar-refractivity contribution is 5.45. The van der Waals surface area contributed by atoms with E-state index in [1.54, 1.807) is 6.07 Å². The summed E-state index contributed by atoms with van der Waals surface area (Å²) in [5.41, 5.74) is 1.92. The Morgan fingerprint density at radius 3 is 2.77 bits per heavy atom. The van der Waals surface area contributed by atoms with Crippen molar-refractivity contribution in [3.8, 4) is 0 Å². The zero-order chi connectivity index (χ0) is 9.68. The zero-order valence-electron chi connectivity index (χ0n) is 7.56. The van der Waals surface area contributed by atoms with Crippen LogP contribution in [0.1, 0.15) is 12.5 Å². The molecule has 0 amide bonds. The van der Waals surface area contributed by atoms with E-state index in [1.807, 2.05) is 25.1 Å². The predicted octanol–water partition coefficient (Wildman–Crippen LogP) is 2.93. The Kier molecular flexibility index (Phi) is 3.68. The predicted molar refractivity (Wildman–Crippen MR) is 50.3 cm³/mol. The maximum Gasteiger partial charge on any atom is 0.255 e. The van der Waals surface area contributed by atoms with E-state index in [2.05, 4.69) is 5.32 Å². The van der Waals surface area contributed by atoms with Gasteiger partial charge in [-0.2, -0.15) is 0 Å². The summed E-state index contributed by atoms with van der Waals surface area (Å²) in [7, 11) is 0. The van der Waals surface area contributed by atoms with Crippen molar-refractivity contribution in [2.24, 2.45) is 0 Å². The largest absolute Gasteiger partial charge is 0.379 e. The van der Waals surface area contributed by atoms with Crippen molar-refractivity contribution in [1.82, 2.24) is 0 Å². The summed E-state index contributed by atoms with van der Waals surface area (Å²) in [5, 5.41) is 2.67. The van der Waals surface area contributed by atoms with Gasteiger partial charge >= 0.3 is 0 Å². The van der Waals surface area contributed by atoms with E-state index in [1.165, 1.54) is 0 Å². The normalized spacial score (nSPS) is 10.5. The standard InChI is InChI=1S/C10H13F2N/c1-2-8-4-3-5-9(6-8)13-7-10(11)12/h3-6,10,13H,2,7H2,1H3. The van der Waals surface area contributed by atoms with E-state index in [4.69, 9.17) is 0 Å². The number of anilines is 1. The summed E-state index contributed by atoms with van der Waals surface area (Å²) in [4.78, 5) is 0. The first-order chi connectivity index (χ1) is 6.22. The molecule has 0 bridgehead atoms. The van der Waals surface area contributed by atoms with Crippen LogP contribution < -0.4 is 5.32 Å². The monoisotopic (exact) mass is 185 g/mol. The van der Waals surface area contributed by atoms with Gasteiger partial charge in [0, 0.05) is 5.69 Å². The van der Waals surface area contributed by atoms with Crippen LogP contribution in [0.2, 0.25) is 0 Å². The number of aryl methyl sites for hydroxylation is 1. The van der Waals surface area contributed by atoms with E-state index >= 15 is 0 Å². The van der Waals surface area contributed by atoms with Gasteiger partial charge in [0.1, 0.15) is 0 Å². The van der Waals surface area contributed by atoms with Crippen molar-refractivity contribution in [1.29, 1.82) is 0 Å². The molecule has 0 aliphatic carbocycles. The van der Waals surface area contributed by atoms with Crippen molar-refractivity contribution in [2.45, 2.75) is 19.8 Å². The van der Waals surface area contributed by atoms with Crippen LogP contribution in [0.3, 0.4) is 0 Å². The molecule has 0 saturated heterocycles. The molecule has 1 aromatic rings. The lowest BCUT2D eigenvalue weighted by molar-refractivity contribution is 0.163. The molecule has 0 atom stereocenters. The molecule has 13 heavy (non-hydrogen) atoms. The Bertz CT molecular complexity index is 261. The molecule has 1 aromatic carbocycles. The highest BCUT2D eigenvalue weighted by Gasteiger charge is 2.01. The Labute approximate surface area is 76.8 Å². The summed E-state index contributed by atoms with van der Waals surface area (Å²) in [6, 6.07) is 7.53. The Morgan fingerprint density at radius 1 is 1.38 bits per heavy atom. The van der Waals surface area contributed by atoms with Crippen LogP contribution in [0.5, 0.6) is 0 Å². The van der Waals surface area contributed by atoms with Crippen LogP contribution in [0.15, 0.2) is 24.3 Å². The second-order valence-corrected chi connectivity index (χ2v) is 2.83. The topological polar surface area (TPSA) is 12.0 Å². The molecule has 0 radical (unpaired) electrons. The highest BCUT2D eigenvalue weighted by Crippen LogP contribution is 2.11. The zero-order valence-corrected chi connectivity index (χ0v) is 7.56. The highest BCUT2D eigenvalue weighted by atomic mass is 19.3. The van der Waals surface area contributed by atoms with Crippen molar-refractivity contribution in [2.75, 3.05) is 11.9 Å². The van der Waals surface area contributed by atoms with Gasteiger partial charge in [0.05, 0.1) is 6.54 Å². The Balaban J connectivity index is 2.56. The molecule has 72 valence electrons. The summed E-state index contributed by atoms with van der Waals surface area (Å²) >= 11 is 0. The minimum atomic E-state index is -2.30. The van der Waals surface area contributed by atoms with Gasteiger partial charge in [-0.3, -0.25) is 0 Å². The van der Waals surface area contributed by atoms with Gasteiger partial charge in [-0.25, -0.2) is 8.78 Å². The Hall–Kier alpha value is -1.12. The molecule has 1 nitrogen and oxygen atoms in total. The number of hydrogen-bond acceptors (Lipinski definition) is 1. The lowest BCUT2D eigenvalue weighted by Crippen LogP contribution is -2.10. The molecule has 3 heteroatoms. The fourth-order valence-corrected chi connectivity index (χ4v) is 1.10. The number of benzene rings is 1. The van der Waals surface area contributed by atoms with Gasteiger partial charge in [0.15, 0.2) is 0 Å². The average molecular weight is 185 g/mol. The minimum absolute atomic E-state index is 0.285. The van der Waals surface area contributed by atoms with Gasteiger partial charge in [-0.05, 0) is 24.1 Å². The van der Waals surface area contributed by atoms with Crippen molar-refractivity contribution in [3.63, 3.8) is 0 Å². The maximum absolute atomic E-state index is 11.8. The molecule has 0 saturated carbocycles. The fourth-order valence-electron chi connectivity index (χ4n) is 1.10. The van der Waals surface area contributed by atoms with Crippen LogP contribution in [-0.2, 0) is 6.42 Å². The van der Waals surface area contributed by atoms with E-state index < -0.39 is 6.43 Å². The van der Waals surface area contributed by atoms with Gasteiger partial charge in [-0.1, -0.05) is 19.1 Å². The third-order valence-corrected chi connectivity index (χ3v) is 1.80. The number of nitrogens with one attached hydrogen (secondary N) is 1. The molecule has 0 fully saturated rings. The number of alkyl halides is 2. The summed E-state index contributed by atoms with van der Waals surface area (Å²) in [6.07, 6.45) is -1.38. The fraction of sp³-hybridized carbons (Fsp3) is 0.400. The summed E-state index contributed by atoms with van der Waals surface area (Å²) in [6.45, 7) is 1.75. The number of rotatable bonds is 4. The van der Waals surface area contributed by atoms with Gasteiger partial charge < -0.3 is 5.32 Å². The van der Waals surface area contributed by atoms with Crippen molar-refractivity contribution >= 4 is 5.69 Å². The Morgan fingerprint density at radius 2 is 2.15 bits per heavy atom. The second-order valence-electron chi connectivity index (χ2n) is 2.83. The van der Waals surface area contributed by atoms with Crippen LogP contribution in [0.25, 0.3) is 0 Å².